The summed E-state index contributed by atoms with van der Waals surface area (Å²) >= 11 is 0. The summed E-state index contributed by atoms with van der Waals surface area (Å²) in [4.78, 5) is 0. The molecule has 1 rings (SSSR count). The monoisotopic (exact) mass is 267 g/mol. The van der Waals surface area contributed by atoms with Gasteiger partial charge < -0.3 is 19.9 Å². The number of aliphatic hydroxyl groups is 1. The molecule has 1 unspecified atom stereocenters. The Kier molecular flexibility index (Phi) is 6.50. The van der Waals surface area contributed by atoms with E-state index in [2.05, 4.69) is 26.1 Å². The highest BCUT2D eigenvalue weighted by Crippen LogP contribution is 2.30. The van der Waals surface area contributed by atoms with Crippen LogP contribution in [0.4, 0.5) is 5.69 Å². The lowest BCUT2D eigenvalue weighted by molar-refractivity contribution is 0.196. The molecule has 0 aliphatic carbocycles. The summed E-state index contributed by atoms with van der Waals surface area (Å²) in [5.74, 6) is 1.99. The predicted octanol–water partition coefficient (Wildman–Crippen LogP) is 2.91. The molecule has 1 aromatic carbocycles. The molecule has 0 bridgehead atoms. The fraction of sp³-hybridized carbons (Fsp3) is 0.600. The van der Waals surface area contributed by atoms with Gasteiger partial charge in [-0.2, -0.15) is 0 Å². The zero-order valence-corrected chi connectivity index (χ0v) is 12.3. The number of hydrogen-bond acceptors (Lipinski definition) is 4. The van der Waals surface area contributed by atoms with E-state index in [-0.39, 0.29) is 13.2 Å². The first-order chi connectivity index (χ1) is 9.06. The van der Waals surface area contributed by atoms with E-state index in [1.807, 2.05) is 18.2 Å². The quantitative estimate of drug-likeness (QED) is 0.760. The highest BCUT2D eigenvalue weighted by Gasteiger charge is 2.09. The van der Waals surface area contributed by atoms with Crippen LogP contribution in [0.5, 0.6) is 11.5 Å². The molecule has 0 aromatic heterocycles. The van der Waals surface area contributed by atoms with Gasteiger partial charge in [0.25, 0.3) is 0 Å². The molecule has 0 saturated carbocycles. The van der Waals surface area contributed by atoms with Crippen molar-refractivity contribution in [2.24, 2.45) is 5.92 Å². The van der Waals surface area contributed by atoms with Crippen molar-refractivity contribution >= 4 is 5.69 Å². The van der Waals surface area contributed by atoms with Gasteiger partial charge >= 0.3 is 0 Å². The van der Waals surface area contributed by atoms with E-state index in [1.54, 1.807) is 7.11 Å². The van der Waals surface area contributed by atoms with Gasteiger partial charge in [0.1, 0.15) is 6.61 Å². The second-order valence-corrected chi connectivity index (χ2v) is 5.11. The van der Waals surface area contributed by atoms with E-state index in [0.717, 1.165) is 12.1 Å². The normalized spacial score (nSPS) is 12.3. The average Bonchev–Trinajstić information content (AvgIpc) is 2.35. The summed E-state index contributed by atoms with van der Waals surface area (Å²) < 4.78 is 10.7. The molecule has 0 aliphatic heterocycles. The van der Waals surface area contributed by atoms with Gasteiger partial charge in [0.2, 0.25) is 0 Å². The van der Waals surface area contributed by atoms with Crippen LogP contribution in [0.25, 0.3) is 0 Å². The Hall–Kier alpha value is -1.42. The molecule has 0 fully saturated rings. The van der Waals surface area contributed by atoms with E-state index in [4.69, 9.17) is 14.6 Å². The lowest BCUT2D eigenvalue weighted by atomic mass is 10.1. The van der Waals surface area contributed by atoms with Gasteiger partial charge in [-0.15, -0.1) is 0 Å². The van der Waals surface area contributed by atoms with Crippen molar-refractivity contribution in [3.05, 3.63) is 18.2 Å². The average molecular weight is 267 g/mol. The minimum Gasteiger partial charge on any atom is -0.493 e. The summed E-state index contributed by atoms with van der Waals surface area (Å²) in [6.45, 7) is 6.84. The number of ether oxygens (including phenoxy) is 2. The maximum atomic E-state index is 8.82. The zero-order chi connectivity index (χ0) is 14.3. The molecule has 0 heterocycles. The Morgan fingerprint density at radius 2 is 1.95 bits per heavy atom. The first-order valence-corrected chi connectivity index (χ1v) is 6.75. The predicted molar refractivity (Wildman–Crippen MR) is 78.1 cm³/mol. The third-order valence-electron chi connectivity index (χ3n) is 2.75. The van der Waals surface area contributed by atoms with Crippen molar-refractivity contribution in [2.75, 3.05) is 25.6 Å². The number of benzene rings is 1. The fourth-order valence-corrected chi connectivity index (χ4v) is 2.09. The molecule has 0 saturated heterocycles. The van der Waals surface area contributed by atoms with Crippen molar-refractivity contribution in [1.82, 2.24) is 0 Å². The van der Waals surface area contributed by atoms with Gasteiger partial charge in [0, 0.05) is 17.8 Å². The van der Waals surface area contributed by atoms with Crippen LogP contribution >= 0.6 is 0 Å². The molecule has 0 radical (unpaired) electrons. The van der Waals surface area contributed by atoms with Crippen LogP contribution in [0.3, 0.4) is 0 Å². The van der Waals surface area contributed by atoms with Crippen LogP contribution in [0, 0.1) is 5.92 Å². The number of aliphatic hydroxyl groups excluding tert-OH is 1. The Balaban J connectivity index is 2.73. The van der Waals surface area contributed by atoms with Gasteiger partial charge in [-0.3, -0.25) is 0 Å². The maximum absolute atomic E-state index is 8.82. The summed E-state index contributed by atoms with van der Waals surface area (Å²) in [5.41, 5.74) is 1.00. The van der Waals surface area contributed by atoms with E-state index in [1.165, 1.54) is 0 Å². The number of nitrogens with one attached hydrogen (secondary N) is 1. The smallest absolute Gasteiger partial charge is 0.163 e. The summed E-state index contributed by atoms with van der Waals surface area (Å²) in [6.07, 6.45) is 1.11. The number of methoxy groups -OCH3 is 1. The molecule has 2 N–H and O–H groups in total. The first-order valence-electron chi connectivity index (χ1n) is 6.75. The van der Waals surface area contributed by atoms with Crippen LogP contribution < -0.4 is 14.8 Å². The molecular weight excluding hydrogens is 242 g/mol. The van der Waals surface area contributed by atoms with Gasteiger partial charge in [0.15, 0.2) is 11.5 Å². The number of hydrogen-bond donors (Lipinski definition) is 2. The molecule has 0 aliphatic rings. The molecular formula is C15H25NO3. The van der Waals surface area contributed by atoms with Crippen molar-refractivity contribution in [2.45, 2.75) is 33.2 Å². The third kappa shape index (κ3) is 5.39. The molecule has 4 heteroatoms. The molecule has 1 atom stereocenters. The van der Waals surface area contributed by atoms with Crippen molar-refractivity contribution in [1.29, 1.82) is 0 Å². The standard InChI is InChI=1S/C15H25NO3/c1-11(2)9-12(3)16-13-5-6-14(18-4)15(10-13)19-8-7-17/h5-6,10-12,16-17H,7-9H2,1-4H3. The van der Waals surface area contributed by atoms with Gasteiger partial charge in [-0.1, -0.05) is 13.8 Å². The SMILES string of the molecule is COc1ccc(NC(C)CC(C)C)cc1OCCO. The highest BCUT2D eigenvalue weighted by molar-refractivity contribution is 5.55. The van der Waals surface area contributed by atoms with Crippen LogP contribution in [0.2, 0.25) is 0 Å². The molecule has 0 amide bonds. The van der Waals surface area contributed by atoms with Gasteiger partial charge in [0.05, 0.1) is 13.7 Å². The maximum Gasteiger partial charge on any atom is 0.163 e. The topological polar surface area (TPSA) is 50.7 Å². The fourth-order valence-electron chi connectivity index (χ4n) is 2.09. The molecule has 4 nitrogen and oxygen atoms in total. The first kappa shape index (κ1) is 15.6. The van der Waals surface area contributed by atoms with Crippen LogP contribution in [0.1, 0.15) is 27.2 Å². The molecule has 0 spiro atoms. The van der Waals surface area contributed by atoms with E-state index >= 15 is 0 Å². The summed E-state index contributed by atoms with van der Waals surface area (Å²) in [6, 6.07) is 6.16. The minimum absolute atomic E-state index is 0.00936. The Morgan fingerprint density at radius 3 is 2.53 bits per heavy atom. The van der Waals surface area contributed by atoms with Gasteiger partial charge in [-0.05, 0) is 31.4 Å². The summed E-state index contributed by atoms with van der Waals surface area (Å²) in [5, 5.41) is 12.3. The Bertz CT molecular complexity index is 380. The zero-order valence-electron chi connectivity index (χ0n) is 12.3. The van der Waals surface area contributed by atoms with E-state index in [0.29, 0.717) is 23.5 Å². The number of rotatable bonds is 8. The Morgan fingerprint density at radius 1 is 1.21 bits per heavy atom. The minimum atomic E-state index is -0.00936. The Labute approximate surface area is 115 Å². The van der Waals surface area contributed by atoms with Crippen molar-refractivity contribution < 1.29 is 14.6 Å². The second kappa shape index (κ2) is 7.89. The lowest BCUT2D eigenvalue weighted by Crippen LogP contribution is -2.17. The number of anilines is 1. The van der Waals surface area contributed by atoms with Crippen molar-refractivity contribution in [3.63, 3.8) is 0 Å². The molecule has 1 aromatic rings. The van der Waals surface area contributed by atoms with E-state index < -0.39 is 0 Å². The molecule has 19 heavy (non-hydrogen) atoms. The highest BCUT2D eigenvalue weighted by atomic mass is 16.5. The van der Waals surface area contributed by atoms with Crippen molar-refractivity contribution in [3.8, 4) is 11.5 Å². The second-order valence-electron chi connectivity index (χ2n) is 5.11. The third-order valence-corrected chi connectivity index (χ3v) is 2.75. The van der Waals surface area contributed by atoms with E-state index in [9.17, 15) is 0 Å². The summed E-state index contributed by atoms with van der Waals surface area (Å²) in [7, 11) is 1.61. The lowest BCUT2D eigenvalue weighted by Gasteiger charge is -2.18. The van der Waals surface area contributed by atoms with Crippen LogP contribution in [-0.4, -0.2) is 31.5 Å². The van der Waals surface area contributed by atoms with Crippen LogP contribution in [0.15, 0.2) is 18.2 Å². The largest absolute Gasteiger partial charge is 0.493 e. The van der Waals surface area contributed by atoms with Gasteiger partial charge in [-0.25, -0.2) is 0 Å². The molecule has 108 valence electrons. The van der Waals surface area contributed by atoms with Crippen LogP contribution in [-0.2, 0) is 0 Å².